The van der Waals surface area contributed by atoms with Crippen LogP contribution in [0.25, 0.3) is 10.4 Å². The van der Waals surface area contributed by atoms with E-state index in [0.717, 1.165) is 35.6 Å². The fourth-order valence-corrected chi connectivity index (χ4v) is 6.77. The molecule has 1 fully saturated rings. The molecule has 2 aromatic rings. The van der Waals surface area contributed by atoms with Gasteiger partial charge in [-0.05, 0) is 72.4 Å². The van der Waals surface area contributed by atoms with E-state index in [0.29, 0.717) is 11.3 Å². The molecular weight excluding hydrogens is 462 g/mol. The standard InChI is InChI=1S/C23H33N3O5S2/c1-14(2)30-17-10-11-18(20(12-17)33(28,29)26-23(3,4)5)19-13-25-21(32-19)15-6-8-16(9-7-15)31-22(24)27/h10-16,26H,6-9H2,1-5H3,(H2,24,27). The molecule has 1 heterocycles. The minimum atomic E-state index is -3.80. The Morgan fingerprint density at radius 3 is 2.45 bits per heavy atom. The number of aromatic nitrogens is 1. The number of primary amides is 1. The average Bonchev–Trinajstić information content (AvgIpc) is 3.16. The molecule has 3 N–H and O–H groups in total. The third-order valence-corrected chi connectivity index (χ3v) is 8.14. The highest BCUT2D eigenvalue weighted by Gasteiger charge is 2.29. The van der Waals surface area contributed by atoms with Crippen LogP contribution in [0.2, 0.25) is 0 Å². The fourth-order valence-electron chi connectivity index (χ4n) is 3.92. The molecule has 0 aliphatic heterocycles. The topological polar surface area (TPSA) is 121 Å². The molecule has 0 bridgehead atoms. The molecule has 1 aromatic carbocycles. The number of hydrogen-bond acceptors (Lipinski definition) is 7. The van der Waals surface area contributed by atoms with Crippen molar-refractivity contribution in [1.82, 2.24) is 9.71 Å². The molecule has 1 aliphatic carbocycles. The molecule has 1 amide bonds. The number of nitrogens with one attached hydrogen (secondary N) is 1. The number of benzene rings is 1. The van der Waals surface area contributed by atoms with Gasteiger partial charge in [-0.3, -0.25) is 0 Å². The van der Waals surface area contributed by atoms with Crippen LogP contribution in [0, 0.1) is 0 Å². The van der Waals surface area contributed by atoms with E-state index in [9.17, 15) is 13.2 Å². The summed E-state index contributed by atoms with van der Waals surface area (Å²) in [6, 6.07) is 5.15. The summed E-state index contributed by atoms with van der Waals surface area (Å²) >= 11 is 1.50. The number of rotatable bonds is 7. The number of hydrogen-bond donors (Lipinski definition) is 2. The van der Waals surface area contributed by atoms with Crippen LogP contribution < -0.4 is 15.2 Å². The van der Waals surface area contributed by atoms with E-state index in [4.69, 9.17) is 15.2 Å². The first-order valence-electron chi connectivity index (χ1n) is 11.1. The molecule has 0 radical (unpaired) electrons. The van der Waals surface area contributed by atoms with Gasteiger partial charge in [0.1, 0.15) is 11.9 Å². The van der Waals surface area contributed by atoms with Crippen molar-refractivity contribution in [2.75, 3.05) is 0 Å². The summed E-state index contributed by atoms with van der Waals surface area (Å²) in [5.74, 6) is 0.744. The number of nitrogens with two attached hydrogens (primary N) is 1. The molecule has 182 valence electrons. The highest BCUT2D eigenvalue weighted by molar-refractivity contribution is 7.89. The van der Waals surface area contributed by atoms with Crippen LogP contribution in [-0.4, -0.2) is 37.2 Å². The second kappa shape index (κ2) is 9.99. The minimum Gasteiger partial charge on any atom is -0.491 e. The van der Waals surface area contributed by atoms with Gasteiger partial charge in [0.05, 0.1) is 20.9 Å². The van der Waals surface area contributed by atoms with Gasteiger partial charge in [0, 0.05) is 29.3 Å². The molecule has 8 nitrogen and oxygen atoms in total. The van der Waals surface area contributed by atoms with Gasteiger partial charge in [0.25, 0.3) is 0 Å². The fraction of sp³-hybridized carbons (Fsp3) is 0.565. The van der Waals surface area contributed by atoms with Crippen LogP contribution >= 0.6 is 11.3 Å². The lowest BCUT2D eigenvalue weighted by Gasteiger charge is -2.26. The summed E-state index contributed by atoms with van der Waals surface area (Å²) in [4.78, 5) is 16.6. The summed E-state index contributed by atoms with van der Waals surface area (Å²) in [7, 11) is -3.80. The Labute approximate surface area is 199 Å². The minimum absolute atomic E-state index is 0.0781. The summed E-state index contributed by atoms with van der Waals surface area (Å²) in [5.41, 5.74) is 5.09. The summed E-state index contributed by atoms with van der Waals surface area (Å²) in [6.45, 7) is 9.22. The highest BCUT2D eigenvalue weighted by Crippen LogP contribution is 2.40. The Morgan fingerprint density at radius 1 is 1.21 bits per heavy atom. The molecule has 1 aromatic heterocycles. The number of sulfonamides is 1. The number of nitrogens with zero attached hydrogens (tertiary/aromatic N) is 1. The van der Waals surface area contributed by atoms with Crippen molar-refractivity contribution in [3.63, 3.8) is 0 Å². The maximum atomic E-state index is 13.3. The predicted molar refractivity (Wildman–Crippen MR) is 129 cm³/mol. The van der Waals surface area contributed by atoms with Crippen molar-refractivity contribution >= 4 is 27.5 Å². The van der Waals surface area contributed by atoms with Crippen LogP contribution in [0.1, 0.15) is 71.2 Å². The Balaban J connectivity index is 1.90. The lowest BCUT2D eigenvalue weighted by Crippen LogP contribution is -2.40. The first-order valence-corrected chi connectivity index (χ1v) is 13.4. The molecule has 0 spiro atoms. The molecule has 0 unspecified atom stereocenters. The quantitative estimate of drug-likeness (QED) is 0.569. The summed E-state index contributed by atoms with van der Waals surface area (Å²) in [6.07, 6.45) is 3.92. The van der Waals surface area contributed by atoms with Gasteiger partial charge in [0.2, 0.25) is 10.0 Å². The number of carbonyl (C=O) groups excluding carboxylic acids is 1. The van der Waals surface area contributed by atoms with Crippen molar-refractivity contribution in [1.29, 1.82) is 0 Å². The molecule has 3 rings (SSSR count). The highest BCUT2D eigenvalue weighted by atomic mass is 32.2. The smallest absolute Gasteiger partial charge is 0.404 e. The van der Waals surface area contributed by atoms with E-state index < -0.39 is 21.7 Å². The third-order valence-electron chi connectivity index (χ3n) is 5.15. The van der Waals surface area contributed by atoms with Crippen LogP contribution in [0.5, 0.6) is 5.75 Å². The normalized spacial score (nSPS) is 19.5. The third kappa shape index (κ3) is 6.91. The van der Waals surface area contributed by atoms with Gasteiger partial charge in [0.15, 0.2) is 0 Å². The average molecular weight is 496 g/mol. The lowest BCUT2D eigenvalue weighted by atomic mass is 9.88. The van der Waals surface area contributed by atoms with Crippen molar-refractivity contribution < 1.29 is 22.7 Å². The number of carbonyl (C=O) groups is 1. The summed E-state index contributed by atoms with van der Waals surface area (Å²) < 4.78 is 40.2. The monoisotopic (exact) mass is 495 g/mol. The lowest BCUT2D eigenvalue weighted by molar-refractivity contribution is 0.0787. The second-order valence-electron chi connectivity index (χ2n) is 9.65. The molecule has 1 saturated carbocycles. The van der Waals surface area contributed by atoms with Gasteiger partial charge < -0.3 is 15.2 Å². The molecule has 1 aliphatic rings. The zero-order valence-corrected chi connectivity index (χ0v) is 21.4. The van der Waals surface area contributed by atoms with E-state index in [1.165, 1.54) is 11.3 Å². The van der Waals surface area contributed by atoms with Crippen molar-refractivity contribution in [3.8, 4) is 16.2 Å². The van der Waals surface area contributed by atoms with Crippen LogP contribution in [-0.2, 0) is 14.8 Å². The van der Waals surface area contributed by atoms with E-state index in [1.807, 2.05) is 34.6 Å². The first-order chi connectivity index (χ1) is 15.3. The SMILES string of the molecule is CC(C)Oc1ccc(-c2cnc(C3CCC(OC(N)=O)CC3)s2)c(S(=O)(=O)NC(C)(C)C)c1. The Bertz CT molecular complexity index is 1080. The maximum Gasteiger partial charge on any atom is 0.404 e. The molecular formula is C23H33N3O5S2. The van der Waals surface area contributed by atoms with Crippen molar-refractivity contribution in [3.05, 3.63) is 29.4 Å². The molecule has 0 atom stereocenters. The van der Waals surface area contributed by atoms with Gasteiger partial charge in [-0.15, -0.1) is 11.3 Å². The number of ether oxygens (including phenoxy) is 2. The number of thiazole rings is 1. The first kappa shape index (κ1) is 25.5. The Morgan fingerprint density at radius 2 is 1.88 bits per heavy atom. The Hall–Kier alpha value is -2.17. The van der Waals surface area contributed by atoms with E-state index in [1.54, 1.807) is 24.4 Å². The van der Waals surface area contributed by atoms with Crippen LogP contribution in [0.3, 0.4) is 0 Å². The van der Waals surface area contributed by atoms with Crippen molar-refractivity contribution in [2.45, 2.75) is 88.9 Å². The predicted octanol–water partition coefficient (Wildman–Crippen LogP) is 4.80. The number of amides is 1. The van der Waals surface area contributed by atoms with Gasteiger partial charge in [-0.25, -0.2) is 22.9 Å². The van der Waals surface area contributed by atoms with Gasteiger partial charge in [-0.2, -0.15) is 0 Å². The molecule has 10 heteroatoms. The van der Waals surface area contributed by atoms with Crippen LogP contribution in [0.4, 0.5) is 4.79 Å². The van der Waals surface area contributed by atoms with E-state index in [-0.39, 0.29) is 23.0 Å². The van der Waals surface area contributed by atoms with Gasteiger partial charge in [-0.1, -0.05) is 0 Å². The zero-order valence-electron chi connectivity index (χ0n) is 19.8. The second-order valence-corrected chi connectivity index (χ2v) is 12.4. The largest absolute Gasteiger partial charge is 0.491 e. The molecule has 33 heavy (non-hydrogen) atoms. The molecule has 0 saturated heterocycles. The van der Waals surface area contributed by atoms with E-state index in [2.05, 4.69) is 9.71 Å². The van der Waals surface area contributed by atoms with Crippen molar-refractivity contribution in [2.24, 2.45) is 5.73 Å². The summed E-state index contributed by atoms with van der Waals surface area (Å²) in [5, 5.41) is 0.956. The van der Waals surface area contributed by atoms with Gasteiger partial charge >= 0.3 is 6.09 Å². The van der Waals surface area contributed by atoms with E-state index >= 15 is 0 Å². The maximum absolute atomic E-state index is 13.3. The van der Waals surface area contributed by atoms with Crippen LogP contribution in [0.15, 0.2) is 29.3 Å². The zero-order chi connectivity index (χ0) is 24.4. The Kier molecular flexibility index (Phi) is 7.70.